The fourth-order valence-electron chi connectivity index (χ4n) is 2.99. The van der Waals surface area contributed by atoms with Crippen LogP contribution in [-0.2, 0) is 0 Å². The molecule has 3 aromatic carbocycles. The Kier molecular flexibility index (Phi) is 2.71. The van der Waals surface area contributed by atoms with Crippen molar-refractivity contribution in [1.29, 1.82) is 0 Å². The number of benzene rings is 3. The van der Waals surface area contributed by atoms with Crippen molar-refractivity contribution >= 4 is 42.5 Å². The van der Waals surface area contributed by atoms with Crippen LogP contribution in [0.2, 0.25) is 0 Å². The fraction of sp³-hybridized carbons (Fsp3) is 0.0526. The molecule has 0 saturated carbocycles. The first-order chi connectivity index (χ1) is 9.75. The van der Waals surface area contributed by atoms with E-state index < -0.39 is 0 Å². The highest BCUT2D eigenvalue weighted by atomic mass is 127. The molecule has 4 rings (SSSR count). The monoisotopic (exact) mass is 368 g/mol. The van der Waals surface area contributed by atoms with Crippen LogP contribution < -0.4 is 0 Å². The van der Waals surface area contributed by atoms with Gasteiger partial charge in [-0.05, 0) is 57.0 Å². The lowest BCUT2D eigenvalue weighted by Gasteiger charge is -2.07. The Balaban J connectivity index is 2.05. The molecule has 1 aliphatic rings. The molecule has 0 bridgehead atoms. The summed E-state index contributed by atoms with van der Waals surface area (Å²) in [5.74, 6) is 0. The molecular weight excluding hydrogens is 355 g/mol. The van der Waals surface area contributed by atoms with E-state index in [9.17, 15) is 0 Å². The maximum Gasteiger partial charge on any atom is 0.0293 e. The maximum absolute atomic E-state index is 2.49. The van der Waals surface area contributed by atoms with E-state index in [2.05, 4.69) is 90.2 Å². The van der Waals surface area contributed by atoms with Crippen molar-refractivity contribution in [3.8, 4) is 0 Å². The second-order valence-electron chi connectivity index (χ2n) is 5.26. The van der Waals surface area contributed by atoms with Crippen LogP contribution in [0.3, 0.4) is 0 Å². The third-order valence-corrected chi connectivity index (χ3v) is 5.09. The fourth-order valence-corrected chi connectivity index (χ4v) is 4.04. The lowest BCUT2D eigenvalue weighted by Crippen LogP contribution is -1.86. The summed E-state index contributed by atoms with van der Waals surface area (Å²) in [6.07, 6.45) is 0. The SMILES string of the molecule is Cc1ccc(C2=C(I)c3cccc4cccc2c34)cc1. The average molecular weight is 368 g/mol. The Morgan fingerprint density at radius 3 is 2.10 bits per heavy atom. The van der Waals surface area contributed by atoms with Crippen molar-refractivity contribution in [3.63, 3.8) is 0 Å². The van der Waals surface area contributed by atoms with E-state index in [1.165, 1.54) is 42.2 Å². The molecule has 0 unspecified atom stereocenters. The van der Waals surface area contributed by atoms with Gasteiger partial charge >= 0.3 is 0 Å². The maximum atomic E-state index is 2.49. The predicted molar refractivity (Wildman–Crippen MR) is 95.1 cm³/mol. The van der Waals surface area contributed by atoms with Crippen LogP contribution in [0, 0.1) is 6.92 Å². The summed E-state index contributed by atoms with van der Waals surface area (Å²) >= 11 is 2.49. The summed E-state index contributed by atoms with van der Waals surface area (Å²) in [6.45, 7) is 2.13. The van der Waals surface area contributed by atoms with Crippen molar-refractivity contribution in [3.05, 3.63) is 82.9 Å². The number of rotatable bonds is 1. The van der Waals surface area contributed by atoms with E-state index in [1.54, 1.807) is 0 Å². The third kappa shape index (κ3) is 1.66. The van der Waals surface area contributed by atoms with Crippen molar-refractivity contribution in [2.45, 2.75) is 6.92 Å². The average Bonchev–Trinajstić information content (AvgIpc) is 2.76. The van der Waals surface area contributed by atoms with Crippen LogP contribution >= 0.6 is 22.6 Å². The minimum absolute atomic E-state index is 1.30. The molecule has 0 radical (unpaired) electrons. The van der Waals surface area contributed by atoms with Gasteiger partial charge < -0.3 is 0 Å². The summed E-state index contributed by atoms with van der Waals surface area (Å²) in [5, 5.41) is 2.73. The first-order valence-electron chi connectivity index (χ1n) is 6.75. The van der Waals surface area contributed by atoms with Gasteiger partial charge in [-0.2, -0.15) is 0 Å². The summed E-state index contributed by atoms with van der Waals surface area (Å²) in [5.41, 5.74) is 6.72. The second kappa shape index (κ2) is 4.45. The Bertz CT molecular complexity index is 849. The molecule has 1 heteroatoms. The van der Waals surface area contributed by atoms with Crippen LogP contribution in [0.5, 0.6) is 0 Å². The Hall–Kier alpha value is -1.61. The number of aryl methyl sites for hydroxylation is 1. The van der Waals surface area contributed by atoms with Gasteiger partial charge in [0.25, 0.3) is 0 Å². The predicted octanol–water partition coefficient (Wildman–Crippen LogP) is 5.81. The Morgan fingerprint density at radius 1 is 0.750 bits per heavy atom. The first-order valence-corrected chi connectivity index (χ1v) is 7.83. The molecule has 0 amide bonds. The molecular formula is C19H13I. The molecule has 0 nitrogen and oxygen atoms in total. The first kappa shape index (κ1) is 12.2. The highest BCUT2D eigenvalue weighted by Gasteiger charge is 2.22. The third-order valence-electron chi connectivity index (χ3n) is 3.97. The van der Waals surface area contributed by atoms with Gasteiger partial charge in [0.2, 0.25) is 0 Å². The largest absolute Gasteiger partial charge is 0.0610 e. The summed E-state index contributed by atoms with van der Waals surface area (Å²) in [7, 11) is 0. The molecule has 0 N–H and O–H groups in total. The van der Waals surface area contributed by atoms with E-state index >= 15 is 0 Å². The molecule has 3 aromatic rings. The van der Waals surface area contributed by atoms with Crippen LogP contribution in [-0.4, -0.2) is 0 Å². The van der Waals surface area contributed by atoms with Gasteiger partial charge in [-0.1, -0.05) is 66.2 Å². The van der Waals surface area contributed by atoms with Crippen LogP contribution in [0.25, 0.3) is 19.9 Å². The summed E-state index contributed by atoms with van der Waals surface area (Å²) < 4.78 is 1.36. The number of hydrogen-bond acceptors (Lipinski definition) is 0. The van der Waals surface area contributed by atoms with Crippen LogP contribution in [0.4, 0.5) is 0 Å². The van der Waals surface area contributed by atoms with Crippen molar-refractivity contribution in [2.24, 2.45) is 0 Å². The van der Waals surface area contributed by atoms with Gasteiger partial charge in [0.15, 0.2) is 0 Å². The molecule has 0 saturated heterocycles. The highest BCUT2D eigenvalue weighted by Crippen LogP contribution is 2.47. The highest BCUT2D eigenvalue weighted by molar-refractivity contribution is 14.1. The molecule has 20 heavy (non-hydrogen) atoms. The number of hydrogen-bond donors (Lipinski definition) is 0. The van der Waals surface area contributed by atoms with Gasteiger partial charge in [-0.3, -0.25) is 0 Å². The van der Waals surface area contributed by atoms with E-state index in [1.807, 2.05) is 0 Å². The van der Waals surface area contributed by atoms with Gasteiger partial charge in [-0.25, -0.2) is 0 Å². The van der Waals surface area contributed by atoms with E-state index in [0.717, 1.165) is 0 Å². The van der Waals surface area contributed by atoms with Crippen LogP contribution in [0.15, 0.2) is 60.7 Å². The van der Waals surface area contributed by atoms with Crippen LogP contribution in [0.1, 0.15) is 22.3 Å². The van der Waals surface area contributed by atoms with Gasteiger partial charge in [0.1, 0.15) is 0 Å². The zero-order chi connectivity index (χ0) is 13.7. The van der Waals surface area contributed by atoms with E-state index in [-0.39, 0.29) is 0 Å². The van der Waals surface area contributed by atoms with E-state index in [0.29, 0.717) is 0 Å². The summed E-state index contributed by atoms with van der Waals surface area (Å²) in [6, 6.07) is 22.0. The lowest BCUT2D eigenvalue weighted by molar-refractivity contribution is 1.45. The molecule has 0 fully saturated rings. The van der Waals surface area contributed by atoms with E-state index in [4.69, 9.17) is 0 Å². The lowest BCUT2D eigenvalue weighted by atomic mass is 9.97. The second-order valence-corrected chi connectivity index (χ2v) is 6.34. The Labute approximate surface area is 132 Å². The van der Waals surface area contributed by atoms with Crippen molar-refractivity contribution in [2.75, 3.05) is 0 Å². The smallest absolute Gasteiger partial charge is 0.0293 e. The van der Waals surface area contributed by atoms with Crippen molar-refractivity contribution in [1.82, 2.24) is 0 Å². The molecule has 0 aromatic heterocycles. The van der Waals surface area contributed by atoms with Gasteiger partial charge in [0.05, 0.1) is 0 Å². The van der Waals surface area contributed by atoms with Gasteiger partial charge in [0, 0.05) is 9.15 Å². The zero-order valence-corrected chi connectivity index (χ0v) is 13.3. The number of halogens is 1. The van der Waals surface area contributed by atoms with Crippen molar-refractivity contribution < 1.29 is 0 Å². The molecule has 0 spiro atoms. The minimum Gasteiger partial charge on any atom is -0.0610 e. The molecule has 1 aliphatic carbocycles. The quantitative estimate of drug-likeness (QED) is 0.476. The molecule has 0 aliphatic heterocycles. The normalized spacial score (nSPS) is 13.3. The van der Waals surface area contributed by atoms with Gasteiger partial charge in [-0.15, -0.1) is 0 Å². The Morgan fingerprint density at radius 2 is 1.40 bits per heavy atom. The zero-order valence-electron chi connectivity index (χ0n) is 11.2. The summed E-state index contributed by atoms with van der Waals surface area (Å²) in [4.78, 5) is 0. The topological polar surface area (TPSA) is 0 Å². The molecule has 0 atom stereocenters. The molecule has 0 heterocycles. The molecule has 96 valence electrons. The minimum atomic E-state index is 1.30. The standard InChI is InChI=1S/C19H13I/c1-12-8-10-14(11-9-12)18-15-6-2-4-13-5-3-7-16(17(13)15)19(18)20/h2-11H,1H3.